The largest absolute Gasteiger partial charge is 0.465 e. The van der Waals surface area contributed by atoms with Crippen molar-refractivity contribution in [2.24, 2.45) is 0 Å². The summed E-state index contributed by atoms with van der Waals surface area (Å²) in [6.45, 7) is 4.90. The first kappa shape index (κ1) is 16.2. The molecule has 0 saturated carbocycles. The van der Waals surface area contributed by atoms with Crippen LogP contribution in [0.4, 0.5) is 0 Å². The fraction of sp³-hybridized carbons (Fsp3) is 0.462. The van der Waals surface area contributed by atoms with Crippen molar-refractivity contribution in [1.29, 1.82) is 0 Å². The predicted octanol–water partition coefficient (Wildman–Crippen LogP) is 1.97. The summed E-state index contributed by atoms with van der Waals surface area (Å²) in [4.78, 5) is 4.32. The molecule has 2 heterocycles. The fourth-order valence-corrected chi connectivity index (χ4v) is 4.32. The predicted molar refractivity (Wildman–Crippen MR) is 79.6 cm³/mol. The zero-order valence-corrected chi connectivity index (χ0v) is 14.0. The van der Waals surface area contributed by atoms with Crippen molar-refractivity contribution in [2.75, 3.05) is 7.05 Å². The Kier molecular flexibility index (Phi) is 4.52. The van der Waals surface area contributed by atoms with Crippen LogP contribution in [-0.4, -0.2) is 29.9 Å². The summed E-state index contributed by atoms with van der Waals surface area (Å²) >= 11 is 1.48. The van der Waals surface area contributed by atoms with Crippen LogP contribution in [0.2, 0.25) is 0 Å². The maximum Gasteiger partial charge on any atom is 0.247 e. The minimum Gasteiger partial charge on any atom is -0.465 e. The van der Waals surface area contributed by atoms with E-state index in [1.54, 1.807) is 13.8 Å². The van der Waals surface area contributed by atoms with Crippen LogP contribution >= 0.6 is 11.3 Å². The van der Waals surface area contributed by atoms with Crippen molar-refractivity contribution >= 4 is 21.4 Å². The lowest BCUT2D eigenvalue weighted by molar-refractivity contribution is 0.276. The number of thiazole rings is 1. The number of furan rings is 1. The number of sulfonamides is 1. The van der Waals surface area contributed by atoms with Crippen molar-refractivity contribution < 1.29 is 17.9 Å². The molecule has 0 unspecified atom stereocenters. The summed E-state index contributed by atoms with van der Waals surface area (Å²) < 4.78 is 31.9. The number of aromatic nitrogens is 1. The van der Waals surface area contributed by atoms with Gasteiger partial charge in [0.2, 0.25) is 10.0 Å². The number of hydrogen-bond donors (Lipinski definition) is 1. The Hall–Kier alpha value is -1.22. The summed E-state index contributed by atoms with van der Waals surface area (Å²) in [6.07, 6.45) is 0. The maximum absolute atomic E-state index is 12.7. The Bertz CT molecular complexity index is 746. The van der Waals surface area contributed by atoms with Gasteiger partial charge in [0.15, 0.2) is 0 Å². The lowest BCUT2D eigenvalue weighted by Gasteiger charge is -2.16. The van der Waals surface area contributed by atoms with Crippen LogP contribution in [0.25, 0.3) is 0 Å². The van der Waals surface area contributed by atoms with Gasteiger partial charge in [0.05, 0.1) is 23.9 Å². The lowest BCUT2D eigenvalue weighted by atomic mass is 10.2. The molecule has 21 heavy (non-hydrogen) atoms. The molecule has 0 aliphatic rings. The molecule has 0 spiro atoms. The van der Waals surface area contributed by atoms with E-state index in [0.29, 0.717) is 17.0 Å². The van der Waals surface area contributed by atoms with Crippen molar-refractivity contribution in [3.8, 4) is 0 Å². The molecule has 116 valence electrons. The number of aliphatic hydroxyl groups excluding tert-OH is 1. The first-order valence-corrected chi connectivity index (χ1v) is 8.66. The third-order valence-electron chi connectivity index (χ3n) is 3.20. The smallest absolute Gasteiger partial charge is 0.247 e. The second kappa shape index (κ2) is 5.88. The Balaban J connectivity index is 2.37. The third kappa shape index (κ3) is 3.03. The van der Waals surface area contributed by atoms with Crippen LogP contribution in [-0.2, 0) is 23.2 Å². The molecule has 0 saturated heterocycles. The molecule has 0 bridgehead atoms. The average molecular weight is 330 g/mol. The Morgan fingerprint density at radius 3 is 2.52 bits per heavy atom. The van der Waals surface area contributed by atoms with Gasteiger partial charge in [0.1, 0.15) is 16.4 Å². The summed E-state index contributed by atoms with van der Waals surface area (Å²) in [7, 11) is -2.24. The van der Waals surface area contributed by atoms with E-state index >= 15 is 0 Å². The minimum absolute atomic E-state index is 0.0527. The average Bonchev–Trinajstić information content (AvgIpc) is 2.92. The van der Waals surface area contributed by atoms with Gasteiger partial charge in [-0.05, 0) is 20.8 Å². The molecular weight excluding hydrogens is 312 g/mol. The Labute approximate surface area is 128 Å². The molecule has 0 aliphatic heterocycles. The maximum atomic E-state index is 12.7. The van der Waals surface area contributed by atoms with E-state index in [9.17, 15) is 13.5 Å². The minimum atomic E-state index is -3.74. The van der Waals surface area contributed by atoms with Crippen LogP contribution in [0.3, 0.4) is 0 Å². The van der Waals surface area contributed by atoms with Gasteiger partial charge >= 0.3 is 0 Å². The highest BCUT2D eigenvalue weighted by Crippen LogP contribution is 2.29. The van der Waals surface area contributed by atoms with E-state index in [2.05, 4.69) is 4.98 Å². The summed E-state index contributed by atoms with van der Waals surface area (Å²) in [5.41, 5.74) is 1.01. The van der Waals surface area contributed by atoms with Gasteiger partial charge in [0.25, 0.3) is 0 Å². The van der Waals surface area contributed by atoms with Crippen LogP contribution in [0.5, 0.6) is 0 Å². The van der Waals surface area contributed by atoms with Crippen molar-refractivity contribution in [2.45, 2.75) is 38.8 Å². The zero-order valence-electron chi connectivity index (χ0n) is 12.4. The molecule has 0 fully saturated rings. The van der Waals surface area contributed by atoms with E-state index in [4.69, 9.17) is 4.42 Å². The molecule has 6 nitrogen and oxygen atoms in total. The first-order valence-electron chi connectivity index (χ1n) is 6.34. The quantitative estimate of drug-likeness (QED) is 0.906. The fourth-order valence-electron chi connectivity index (χ4n) is 2.18. The molecule has 1 N–H and O–H groups in total. The number of rotatable bonds is 5. The van der Waals surface area contributed by atoms with Crippen molar-refractivity contribution in [3.63, 3.8) is 0 Å². The van der Waals surface area contributed by atoms with Gasteiger partial charge in [-0.15, -0.1) is 11.3 Å². The molecular formula is C13H18N2O4S2. The van der Waals surface area contributed by atoms with E-state index in [1.807, 2.05) is 12.3 Å². The number of nitrogens with zero attached hydrogens (tertiary/aromatic N) is 2. The molecule has 2 rings (SSSR count). The van der Waals surface area contributed by atoms with Gasteiger partial charge in [0, 0.05) is 18.0 Å². The molecule has 2 aromatic heterocycles. The molecule has 8 heteroatoms. The van der Waals surface area contributed by atoms with Crippen molar-refractivity contribution in [3.05, 3.63) is 33.2 Å². The molecule has 0 aliphatic carbocycles. The Morgan fingerprint density at radius 1 is 1.33 bits per heavy atom. The monoisotopic (exact) mass is 330 g/mol. The highest BCUT2D eigenvalue weighted by molar-refractivity contribution is 7.89. The summed E-state index contributed by atoms with van der Waals surface area (Å²) in [5.74, 6) is 0.712. The number of aryl methyl sites for hydroxylation is 3. The molecule has 0 aromatic carbocycles. The molecule has 0 radical (unpaired) electrons. The standard InChI is InChI=1S/C13H18N2O4S2/c1-8-12(6-16)13(9(2)19-8)21(17,18)15(4)5-11-7-20-10(3)14-11/h7,16H,5-6H2,1-4H3. The second-order valence-electron chi connectivity index (χ2n) is 4.80. The zero-order chi connectivity index (χ0) is 15.8. The third-order valence-corrected chi connectivity index (χ3v) is 6.02. The van der Waals surface area contributed by atoms with Crippen molar-refractivity contribution in [1.82, 2.24) is 9.29 Å². The van der Waals surface area contributed by atoms with Crippen LogP contribution < -0.4 is 0 Å². The van der Waals surface area contributed by atoms with Gasteiger partial charge in [-0.1, -0.05) is 0 Å². The van der Waals surface area contributed by atoms with Crippen LogP contribution in [0, 0.1) is 20.8 Å². The van der Waals surface area contributed by atoms with E-state index < -0.39 is 10.0 Å². The van der Waals surface area contributed by atoms with Crippen LogP contribution in [0.15, 0.2) is 14.7 Å². The van der Waals surface area contributed by atoms with E-state index in [0.717, 1.165) is 5.01 Å². The molecule has 2 aromatic rings. The second-order valence-corrected chi connectivity index (χ2v) is 7.84. The Morgan fingerprint density at radius 2 is 2.00 bits per heavy atom. The molecule has 0 amide bonds. The van der Waals surface area contributed by atoms with Gasteiger partial charge in [-0.3, -0.25) is 0 Å². The number of hydrogen-bond acceptors (Lipinski definition) is 6. The summed E-state index contributed by atoms with van der Waals surface area (Å²) in [6, 6.07) is 0. The van der Waals surface area contributed by atoms with Gasteiger partial charge in [-0.2, -0.15) is 4.31 Å². The topological polar surface area (TPSA) is 83.6 Å². The molecule has 0 atom stereocenters. The van der Waals surface area contributed by atoms with E-state index in [-0.39, 0.29) is 23.8 Å². The van der Waals surface area contributed by atoms with Crippen LogP contribution in [0.1, 0.15) is 27.8 Å². The normalized spacial score (nSPS) is 12.3. The lowest BCUT2D eigenvalue weighted by Crippen LogP contribution is -2.27. The highest BCUT2D eigenvalue weighted by atomic mass is 32.2. The van der Waals surface area contributed by atoms with Gasteiger partial charge in [-0.25, -0.2) is 13.4 Å². The van der Waals surface area contributed by atoms with E-state index in [1.165, 1.54) is 22.7 Å². The number of aliphatic hydroxyl groups is 1. The SMILES string of the molecule is Cc1nc(CN(C)S(=O)(=O)c2c(C)oc(C)c2CO)cs1. The van der Waals surface area contributed by atoms with Gasteiger partial charge < -0.3 is 9.52 Å². The summed E-state index contributed by atoms with van der Waals surface area (Å²) in [5, 5.41) is 12.1. The highest BCUT2D eigenvalue weighted by Gasteiger charge is 2.30. The first-order chi connectivity index (χ1) is 9.77.